The average molecular weight is 314 g/mol. The first-order valence-corrected chi connectivity index (χ1v) is 7.54. The van der Waals surface area contributed by atoms with Crippen molar-refractivity contribution in [2.75, 3.05) is 0 Å². The highest BCUT2D eigenvalue weighted by Gasteiger charge is 2.02. The highest BCUT2D eigenvalue weighted by molar-refractivity contribution is 5.30. The summed E-state index contributed by atoms with van der Waals surface area (Å²) in [7, 11) is 0. The molecule has 120 valence electrons. The summed E-state index contributed by atoms with van der Waals surface area (Å²) in [4.78, 5) is 0. The Balaban J connectivity index is 1.85. The molecule has 0 aliphatic carbocycles. The predicted molar refractivity (Wildman–Crippen MR) is 89.7 cm³/mol. The van der Waals surface area contributed by atoms with Gasteiger partial charge in [-0.1, -0.05) is 54.1 Å². The summed E-state index contributed by atoms with van der Waals surface area (Å²) in [6.45, 7) is 3.32. The molecule has 0 spiro atoms. The van der Waals surface area contributed by atoms with Gasteiger partial charge in [-0.05, 0) is 49.9 Å². The summed E-state index contributed by atoms with van der Waals surface area (Å²) in [5.74, 6) is 0.0541. The molecule has 0 radical (unpaired) electrons. The van der Waals surface area contributed by atoms with Gasteiger partial charge < -0.3 is 4.74 Å². The molecule has 0 heterocycles. The molecule has 2 rings (SSSR count). The molecule has 0 unspecified atom stereocenters. The second-order valence-corrected chi connectivity index (χ2v) is 5.43. The van der Waals surface area contributed by atoms with Crippen LogP contribution in [0.5, 0.6) is 5.75 Å². The lowest BCUT2D eigenvalue weighted by molar-refractivity contribution is 0.330. The maximum Gasteiger partial charge on any atom is 0.307 e. The van der Waals surface area contributed by atoms with Crippen LogP contribution in [0.3, 0.4) is 0 Å². The largest absolute Gasteiger partial charge is 0.456 e. The van der Waals surface area contributed by atoms with E-state index >= 15 is 0 Å². The molecule has 0 atom stereocenters. The first-order valence-electron chi connectivity index (χ1n) is 7.54. The van der Waals surface area contributed by atoms with Gasteiger partial charge in [0.1, 0.15) is 5.75 Å². The smallest absolute Gasteiger partial charge is 0.307 e. The highest BCUT2D eigenvalue weighted by atomic mass is 19.3. The van der Waals surface area contributed by atoms with Crippen LogP contribution in [0.15, 0.2) is 72.5 Å². The molecule has 1 nitrogen and oxygen atoms in total. The molecule has 2 aromatic carbocycles. The van der Waals surface area contributed by atoms with Crippen molar-refractivity contribution >= 4 is 0 Å². The Hall–Kier alpha value is -2.42. The van der Waals surface area contributed by atoms with Crippen LogP contribution in [0.2, 0.25) is 0 Å². The topological polar surface area (TPSA) is 9.23 Å². The molecule has 0 amide bonds. The number of allylic oxidation sites excluding steroid dienone is 3. The standard InChI is InChI=1S/C20H20F2O/c1-15-7-9-17(10-8-15)5-3-4-6-18-11-13-19(14-12-18)23-16(2)20(21)22/h3-4,7-14H,5-6H2,1-2H3/b4-3-. The van der Waals surface area contributed by atoms with Crippen molar-refractivity contribution in [1.82, 2.24) is 0 Å². The van der Waals surface area contributed by atoms with Gasteiger partial charge in [0.2, 0.25) is 0 Å². The van der Waals surface area contributed by atoms with Crippen LogP contribution in [0.1, 0.15) is 23.6 Å². The SMILES string of the molecule is CC(Oc1ccc(C/C=C\Cc2ccc(C)cc2)cc1)=C(F)F. The van der Waals surface area contributed by atoms with Crippen LogP contribution in [0.25, 0.3) is 0 Å². The van der Waals surface area contributed by atoms with Crippen LogP contribution in [-0.2, 0) is 12.8 Å². The van der Waals surface area contributed by atoms with Gasteiger partial charge in [-0.15, -0.1) is 0 Å². The Morgan fingerprint density at radius 1 is 0.870 bits per heavy atom. The van der Waals surface area contributed by atoms with E-state index in [9.17, 15) is 8.78 Å². The zero-order chi connectivity index (χ0) is 16.7. The number of ether oxygens (including phenoxy) is 1. The Kier molecular flexibility index (Phi) is 6.10. The summed E-state index contributed by atoms with van der Waals surface area (Å²) >= 11 is 0. The van der Waals surface area contributed by atoms with Crippen molar-refractivity contribution in [3.05, 3.63) is 89.2 Å². The number of benzene rings is 2. The van der Waals surface area contributed by atoms with Crippen LogP contribution in [-0.4, -0.2) is 0 Å². The van der Waals surface area contributed by atoms with Crippen molar-refractivity contribution < 1.29 is 13.5 Å². The summed E-state index contributed by atoms with van der Waals surface area (Å²) in [6.07, 6.45) is 4.16. The monoisotopic (exact) mass is 314 g/mol. The van der Waals surface area contributed by atoms with E-state index in [0.29, 0.717) is 5.75 Å². The lowest BCUT2D eigenvalue weighted by Gasteiger charge is -2.05. The molecule has 0 aliphatic heterocycles. The average Bonchev–Trinajstić information content (AvgIpc) is 2.54. The second kappa shape index (κ2) is 8.28. The van der Waals surface area contributed by atoms with Gasteiger partial charge in [0.05, 0.1) is 0 Å². The Bertz CT molecular complexity index is 679. The van der Waals surface area contributed by atoms with Gasteiger partial charge in [-0.2, -0.15) is 8.78 Å². The minimum Gasteiger partial charge on any atom is -0.456 e. The number of aryl methyl sites for hydroxylation is 1. The van der Waals surface area contributed by atoms with Gasteiger partial charge in [0.15, 0.2) is 5.76 Å². The third kappa shape index (κ3) is 5.70. The van der Waals surface area contributed by atoms with Crippen molar-refractivity contribution in [3.8, 4) is 5.75 Å². The van der Waals surface area contributed by atoms with Gasteiger partial charge in [0, 0.05) is 0 Å². The molecule has 2 aromatic rings. The zero-order valence-corrected chi connectivity index (χ0v) is 13.4. The van der Waals surface area contributed by atoms with Crippen molar-refractivity contribution in [3.63, 3.8) is 0 Å². The van der Waals surface area contributed by atoms with Gasteiger partial charge in [0.25, 0.3) is 0 Å². The molecule has 0 bridgehead atoms. The van der Waals surface area contributed by atoms with E-state index in [-0.39, 0.29) is 5.76 Å². The molecule has 0 fully saturated rings. The molecule has 3 heteroatoms. The van der Waals surface area contributed by atoms with Crippen molar-refractivity contribution in [2.24, 2.45) is 0 Å². The summed E-state index contributed by atoms with van der Waals surface area (Å²) in [5, 5.41) is 0. The maximum absolute atomic E-state index is 12.3. The van der Waals surface area contributed by atoms with Gasteiger partial charge >= 0.3 is 6.08 Å². The summed E-state index contributed by atoms with van der Waals surface area (Å²) in [6, 6.07) is 15.7. The predicted octanol–water partition coefficient (Wildman–Crippen LogP) is 5.84. The molecule has 0 saturated carbocycles. The lowest BCUT2D eigenvalue weighted by Crippen LogP contribution is -1.92. The normalized spacial score (nSPS) is 10.8. The first kappa shape index (κ1) is 16.9. The van der Waals surface area contributed by atoms with E-state index in [2.05, 4.69) is 43.3 Å². The highest BCUT2D eigenvalue weighted by Crippen LogP contribution is 2.18. The Morgan fingerprint density at radius 3 is 1.83 bits per heavy atom. The van der Waals surface area contributed by atoms with Crippen LogP contribution >= 0.6 is 0 Å². The third-order valence-corrected chi connectivity index (χ3v) is 3.45. The first-order chi connectivity index (χ1) is 11.0. The molecule has 0 aromatic heterocycles. The fourth-order valence-electron chi connectivity index (χ4n) is 2.07. The van der Waals surface area contributed by atoms with E-state index in [0.717, 1.165) is 18.4 Å². The number of hydrogen-bond donors (Lipinski definition) is 0. The van der Waals surface area contributed by atoms with E-state index < -0.39 is 6.08 Å². The summed E-state index contributed by atoms with van der Waals surface area (Å²) < 4.78 is 29.6. The van der Waals surface area contributed by atoms with E-state index in [1.165, 1.54) is 18.1 Å². The van der Waals surface area contributed by atoms with Gasteiger partial charge in [-0.3, -0.25) is 0 Å². The molecule has 0 aliphatic rings. The summed E-state index contributed by atoms with van der Waals surface area (Å²) in [5.41, 5.74) is 3.66. The molecular formula is C20H20F2O. The Labute approximate surface area is 135 Å². The molecule has 0 N–H and O–H groups in total. The fraction of sp³-hybridized carbons (Fsp3) is 0.200. The van der Waals surface area contributed by atoms with Crippen molar-refractivity contribution in [1.29, 1.82) is 0 Å². The van der Waals surface area contributed by atoms with E-state index in [1.807, 2.05) is 12.1 Å². The zero-order valence-electron chi connectivity index (χ0n) is 13.4. The minimum atomic E-state index is -1.80. The fourth-order valence-corrected chi connectivity index (χ4v) is 2.07. The van der Waals surface area contributed by atoms with Crippen molar-refractivity contribution in [2.45, 2.75) is 26.7 Å². The molecule has 0 saturated heterocycles. The van der Waals surface area contributed by atoms with Crippen LogP contribution in [0, 0.1) is 6.92 Å². The lowest BCUT2D eigenvalue weighted by atomic mass is 10.1. The van der Waals surface area contributed by atoms with Crippen LogP contribution < -0.4 is 4.74 Å². The third-order valence-electron chi connectivity index (χ3n) is 3.45. The number of rotatable bonds is 6. The number of hydrogen-bond acceptors (Lipinski definition) is 1. The maximum atomic E-state index is 12.3. The number of halogens is 2. The van der Waals surface area contributed by atoms with E-state index in [4.69, 9.17) is 4.74 Å². The Morgan fingerprint density at radius 2 is 1.35 bits per heavy atom. The molecule has 23 heavy (non-hydrogen) atoms. The minimum absolute atomic E-state index is 0.365. The quantitative estimate of drug-likeness (QED) is 0.480. The molecular weight excluding hydrogens is 294 g/mol. The second-order valence-electron chi connectivity index (χ2n) is 5.43. The van der Waals surface area contributed by atoms with E-state index in [1.54, 1.807) is 12.1 Å². The van der Waals surface area contributed by atoms with Gasteiger partial charge in [-0.25, -0.2) is 0 Å². The van der Waals surface area contributed by atoms with Crippen LogP contribution in [0.4, 0.5) is 8.78 Å².